The van der Waals surface area contributed by atoms with E-state index in [0.717, 1.165) is 35.7 Å². The summed E-state index contributed by atoms with van der Waals surface area (Å²) in [4.78, 5) is 0. The number of thiol groups is 1. The van der Waals surface area contributed by atoms with Crippen LogP contribution in [0.15, 0.2) is 12.1 Å². The molecule has 0 aliphatic heterocycles. The van der Waals surface area contributed by atoms with Crippen LogP contribution in [0.5, 0.6) is 11.5 Å². The zero-order valence-electron chi connectivity index (χ0n) is 10.3. The fourth-order valence-electron chi connectivity index (χ4n) is 2.60. The number of ether oxygens (including phenoxy) is 2. The van der Waals surface area contributed by atoms with Crippen molar-refractivity contribution in [2.45, 2.75) is 18.9 Å². The van der Waals surface area contributed by atoms with E-state index in [2.05, 4.69) is 12.6 Å². The summed E-state index contributed by atoms with van der Waals surface area (Å²) in [6.45, 7) is 0. The lowest BCUT2D eigenvalue weighted by molar-refractivity contribution is 0.364. The number of hydrogen-bond acceptors (Lipinski definition) is 4. The van der Waals surface area contributed by atoms with Gasteiger partial charge in [0.05, 0.1) is 14.2 Å². The Balaban J connectivity index is 2.51. The molecule has 3 nitrogen and oxygen atoms in total. The number of rotatable bonds is 3. The van der Waals surface area contributed by atoms with E-state index in [1.54, 1.807) is 14.2 Å². The van der Waals surface area contributed by atoms with E-state index in [-0.39, 0.29) is 6.04 Å². The molecule has 4 heteroatoms. The normalized spacial score (nSPS) is 23.1. The number of nitrogens with two attached hydrogens (primary N) is 1. The molecule has 2 N–H and O–H groups in total. The van der Waals surface area contributed by atoms with Crippen LogP contribution in [0, 0.1) is 5.92 Å². The standard InChI is InChI=1S/C13H19NO2S/c1-15-11-3-4-12(16-2)13-9(11)5-8(7-17)6-10(13)14/h3-4,8,10,17H,5-7,14H2,1-2H3. The second-order valence-electron chi connectivity index (χ2n) is 4.46. The van der Waals surface area contributed by atoms with Crippen LogP contribution in [0.4, 0.5) is 0 Å². The Kier molecular flexibility index (Phi) is 3.84. The Bertz CT molecular complexity index is 409. The lowest BCUT2D eigenvalue weighted by atomic mass is 9.81. The average molecular weight is 253 g/mol. The zero-order valence-corrected chi connectivity index (χ0v) is 11.2. The van der Waals surface area contributed by atoms with E-state index >= 15 is 0 Å². The molecule has 1 aromatic carbocycles. The highest BCUT2D eigenvalue weighted by atomic mass is 32.1. The van der Waals surface area contributed by atoms with Crippen LogP contribution < -0.4 is 15.2 Å². The highest BCUT2D eigenvalue weighted by Crippen LogP contribution is 2.42. The molecule has 0 fully saturated rings. The summed E-state index contributed by atoms with van der Waals surface area (Å²) in [7, 11) is 3.37. The second-order valence-corrected chi connectivity index (χ2v) is 4.82. The third-order valence-corrected chi connectivity index (χ3v) is 3.94. The number of fused-ring (bicyclic) bond motifs is 1. The molecule has 0 bridgehead atoms. The van der Waals surface area contributed by atoms with Gasteiger partial charge in [0, 0.05) is 17.2 Å². The van der Waals surface area contributed by atoms with Crippen LogP contribution >= 0.6 is 12.6 Å². The van der Waals surface area contributed by atoms with Crippen molar-refractivity contribution in [2.24, 2.45) is 11.7 Å². The van der Waals surface area contributed by atoms with Gasteiger partial charge in [-0.2, -0.15) is 12.6 Å². The maximum atomic E-state index is 6.24. The fraction of sp³-hybridized carbons (Fsp3) is 0.538. The molecule has 0 saturated carbocycles. The van der Waals surface area contributed by atoms with E-state index in [1.165, 1.54) is 5.56 Å². The Morgan fingerprint density at radius 3 is 2.53 bits per heavy atom. The minimum Gasteiger partial charge on any atom is -0.496 e. The Morgan fingerprint density at radius 1 is 1.29 bits per heavy atom. The molecule has 0 radical (unpaired) electrons. The smallest absolute Gasteiger partial charge is 0.124 e. The van der Waals surface area contributed by atoms with Gasteiger partial charge in [-0.1, -0.05) is 0 Å². The Morgan fingerprint density at radius 2 is 1.94 bits per heavy atom. The summed E-state index contributed by atoms with van der Waals surface area (Å²) >= 11 is 4.38. The van der Waals surface area contributed by atoms with Gasteiger partial charge in [-0.15, -0.1) is 0 Å². The van der Waals surface area contributed by atoms with Crippen molar-refractivity contribution in [1.29, 1.82) is 0 Å². The van der Waals surface area contributed by atoms with Gasteiger partial charge >= 0.3 is 0 Å². The van der Waals surface area contributed by atoms with Crippen molar-refractivity contribution in [3.8, 4) is 11.5 Å². The van der Waals surface area contributed by atoms with Crippen LogP contribution in [0.1, 0.15) is 23.6 Å². The molecule has 1 aliphatic carbocycles. The summed E-state index contributed by atoms with van der Waals surface area (Å²) in [6, 6.07) is 3.89. The van der Waals surface area contributed by atoms with Crippen LogP contribution in [0.25, 0.3) is 0 Å². The lowest BCUT2D eigenvalue weighted by Gasteiger charge is -2.31. The second kappa shape index (κ2) is 5.19. The van der Waals surface area contributed by atoms with E-state index in [9.17, 15) is 0 Å². The Labute approximate surface area is 108 Å². The summed E-state index contributed by atoms with van der Waals surface area (Å²) < 4.78 is 10.8. The van der Waals surface area contributed by atoms with Gasteiger partial charge in [-0.25, -0.2) is 0 Å². The van der Waals surface area contributed by atoms with Crippen molar-refractivity contribution < 1.29 is 9.47 Å². The molecule has 2 atom stereocenters. The molecule has 94 valence electrons. The first-order valence-corrected chi connectivity index (χ1v) is 6.44. The van der Waals surface area contributed by atoms with Gasteiger partial charge in [-0.05, 0) is 36.6 Å². The molecule has 0 aromatic heterocycles. The molecule has 17 heavy (non-hydrogen) atoms. The molecule has 0 spiro atoms. The highest BCUT2D eigenvalue weighted by molar-refractivity contribution is 7.80. The lowest BCUT2D eigenvalue weighted by Crippen LogP contribution is -2.26. The Hall–Kier alpha value is -0.870. The highest BCUT2D eigenvalue weighted by Gasteiger charge is 2.29. The van der Waals surface area contributed by atoms with E-state index in [4.69, 9.17) is 15.2 Å². The summed E-state index contributed by atoms with van der Waals surface area (Å²) in [5.74, 6) is 3.14. The maximum Gasteiger partial charge on any atom is 0.124 e. The fourth-order valence-corrected chi connectivity index (χ4v) is 2.88. The predicted octanol–water partition coefficient (Wildman–Crippen LogP) is 2.20. The topological polar surface area (TPSA) is 44.5 Å². The summed E-state index contributed by atoms with van der Waals surface area (Å²) in [5, 5.41) is 0. The van der Waals surface area contributed by atoms with Gasteiger partial charge in [0.25, 0.3) is 0 Å². The molecular formula is C13H19NO2S. The summed E-state index contributed by atoms with van der Waals surface area (Å²) in [5.41, 5.74) is 8.53. The predicted molar refractivity (Wildman–Crippen MR) is 72.1 cm³/mol. The first-order valence-electron chi connectivity index (χ1n) is 5.81. The van der Waals surface area contributed by atoms with Crippen molar-refractivity contribution in [1.82, 2.24) is 0 Å². The molecule has 2 rings (SSSR count). The molecule has 0 amide bonds. The minimum absolute atomic E-state index is 0.0148. The third-order valence-electron chi connectivity index (χ3n) is 3.42. The zero-order chi connectivity index (χ0) is 12.4. The summed E-state index contributed by atoms with van der Waals surface area (Å²) in [6.07, 6.45) is 1.92. The maximum absolute atomic E-state index is 6.24. The first-order chi connectivity index (χ1) is 8.21. The molecule has 1 aliphatic rings. The van der Waals surface area contributed by atoms with Crippen molar-refractivity contribution in [3.05, 3.63) is 23.3 Å². The molecule has 1 aromatic rings. The number of methoxy groups -OCH3 is 2. The van der Waals surface area contributed by atoms with Crippen molar-refractivity contribution in [3.63, 3.8) is 0 Å². The minimum atomic E-state index is 0.0148. The number of hydrogen-bond donors (Lipinski definition) is 2. The molecule has 0 heterocycles. The van der Waals surface area contributed by atoms with E-state index < -0.39 is 0 Å². The van der Waals surface area contributed by atoms with Crippen molar-refractivity contribution in [2.75, 3.05) is 20.0 Å². The van der Waals surface area contributed by atoms with Gasteiger partial charge in [0.15, 0.2) is 0 Å². The first kappa shape index (κ1) is 12.6. The van der Waals surface area contributed by atoms with E-state index in [1.807, 2.05) is 12.1 Å². The molecule has 2 unspecified atom stereocenters. The third kappa shape index (κ3) is 2.24. The van der Waals surface area contributed by atoms with Crippen LogP contribution in [0.3, 0.4) is 0 Å². The van der Waals surface area contributed by atoms with Crippen molar-refractivity contribution >= 4 is 12.6 Å². The average Bonchev–Trinajstić information content (AvgIpc) is 2.37. The quantitative estimate of drug-likeness (QED) is 0.812. The monoisotopic (exact) mass is 253 g/mol. The SMILES string of the molecule is COc1ccc(OC)c2c1CC(CS)CC2N. The van der Waals surface area contributed by atoms with Crippen LogP contribution in [-0.2, 0) is 6.42 Å². The molecule has 0 saturated heterocycles. The van der Waals surface area contributed by atoms with Gasteiger partial charge in [0.1, 0.15) is 11.5 Å². The largest absolute Gasteiger partial charge is 0.496 e. The van der Waals surface area contributed by atoms with Crippen LogP contribution in [0.2, 0.25) is 0 Å². The molecular weight excluding hydrogens is 234 g/mol. The number of benzene rings is 1. The van der Waals surface area contributed by atoms with Crippen LogP contribution in [-0.4, -0.2) is 20.0 Å². The van der Waals surface area contributed by atoms with Gasteiger partial charge < -0.3 is 15.2 Å². The van der Waals surface area contributed by atoms with Gasteiger partial charge in [-0.3, -0.25) is 0 Å². The van der Waals surface area contributed by atoms with E-state index in [0.29, 0.717) is 5.92 Å². The van der Waals surface area contributed by atoms with Gasteiger partial charge in [0.2, 0.25) is 0 Å².